The van der Waals surface area contributed by atoms with Gasteiger partial charge >= 0.3 is 0 Å². The Morgan fingerprint density at radius 1 is 0.935 bits per heavy atom. The first kappa shape index (κ1) is 20.5. The second-order valence-corrected chi connectivity index (χ2v) is 7.49. The van der Waals surface area contributed by atoms with E-state index in [2.05, 4.69) is 16.7 Å². The highest BCUT2D eigenvalue weighted by atomic mass is 16.5. The van der Waals surface area contributed by atoms with Gasteiger partial charge in [-0.05, 0) is 73.5 Å². The highest BCUT2D eigenvalue weighted by Crippen LogP contribution is 2.28. The Kier molecular flexibility index (Phi) is 5.89. The number of nitrogens with zero attached hydrogens (tertiary/aromatic N) is 1. The maximum atomic E-state index is 12.9. The quantitative estimate of drug-likeness (QED) is 0.628. The lowest BCUT2D eigenvalue weighted by Crippen LogP contribution is -2.40. The molecule has 6 heteroatoms. The number of nitrogens with one attached hydrogen (secondary N) is 2. The number of fused-ring (bicyclic) bond motifs is 1. The number of hydrogen-bond acceptors (Lipinski definition) is 4. The molecule has 3 aromatic rings. The van der Waals surface area contributed by atoms with E-state index in [1.54, 1.807) is 43.5 Å². The van der Waals surface area contributed by atoms with Crippen LogP contribution in [0, 0.1) is 0 Å². The van der Waals surface area contributed by atoms with Crippen molar-refractivity contribution >= 4 is 28.9 Å². The zero-order valence-electron chi connectivity index (χ0n) is 17.6. The van der Waals surface area contributed by atoms with Crippen LogP contribution in [-0.2, 0) is 11.2 Å². The van der Waals surface area contributed by atoms with E-state index in [-0.39, 0.29) is 17.9 Å². The number of benzene rings is 3. The predicted molar refractivity (Wildman–Crippen MR) is 123 cm³/mol. The molecule has 158 valence electrons. The third-order valence-electron chi connectivity index (χ3n) is 5.40. The van der Waals surface area contributed by atoms with E-state index in [0.29, 0.717) is 17.8 Å². The van der Waals surface area contributed by atoms with Crippen LogP contribution in [0.5, 0.6) is 5.75 Å². The minimum absolute atomic E-state index is 0.0336. The van der Waals surface area contributed by atoms with Crippen LogP contribution in [0.15, 0.2) is 72.8 Å². The number of carbonyl (C=O) groups excluding carboxylic acids is 2. The highest BCUT2D eigenvalue weighted by molar-refractivity contribution is 6.04. The molecule has 0 aromatic heterocycles. The van der Waals surface area contributed by atoms with Gasteiger partial charge in [0, 0.05) is 29.2 Å². The number of carbonyl (C=O) groups is 2. The van der Waals surface area contributed by atoms with Gasteiger partial charge in [0.25, 0.3) is 5.91 Å². The SMILES string of the molecule is COc1ccc(NC(=O)c2ccc(N[C@H](C)C(=O)N3CCc4ccccc43)cc2)cc1. The fourth-order valence-corrected chi connectivity index (χ4v) is 3.71. The summed E-state index contributed by atoms with van der Waals surface area (Å²) in [6.45, 7) is 2.56. The molecule has 0 aliphatic carbocycles. The Labute approximate surface area is 181 Å². The molecule has 1 aliphatic rings. The van der Waals surface area contributed by atoms with Crippen LogP contribution in [-0.4, -0.2) is 31.5 Å². The van der Waals surface area contributed by atoms with Gasteiger partial charge < -0.3 is 20.3 Å². The lowest BCUT2D eigenvalue weighted by molar-refractivity contribution is -0.118. The summed E-state index contributed by atoms with van der Waals surface area (Å²) in [4.78, 5) is 27.2. The molecule has 0 bridgehead atoms. The van der Waals surface area contributed by atoms with Crippen molar-refractivity contribution in [2.45, 2.75) is 19.4 Å². The van der Waals surface area contributed by atoms with Crippen LogP contribution in [0.4, 0.5) is 17.1 Å². The van der Waals surface area contributed by atoms with E-state index in [9.17, 15) is 9.59 Å². The highest BCUT2D eigenvalue weighted by Gasteiger charge is 2.27. The summed E-state index contributed by atoms with van der Waals surface area (Å²) in [5.41, 5.74) is 4.21. The largest absolute Gasteiger partial charge is 0.497 e. The van der Waals surface area contributed by atoms with Crippen LogP contribution in [0.2, 0.25) is 0 Å². The first-order chi connectivity index (χ1) is 15.0. The molecule has 6 nitrogen and oxygen atoms in total. The maximum Gasteiger partial charge on any atom is 0.255 e. The molecule has 0 unspecified atom stereocenters. The molecule has 0 spiro atoms. The number of methoxy groups -OCH3 is 1. The molecule has 2 amide bonds. The zero-order valence-corrected chi connectivity index (χ0v) is 17.6. The molecule has 4 rings (SSSR count). The number of ether oxygens (including phenoxy) is 1. The van der Waals surface area contributed by atoms with E-state index in [4.69, 9.17) is 4.74 Å². The third kappa shape index (κ3) is 4.53. The van der Waals surface area contributed by atoms with Gasteiger partial charge in [-0.2, -0.15) is 0 Å². The van der Waals surface area contributed by atoms with Gasteiger partial charge in [-0.15, -0.1) is 0 Å². The van der Waals surface area contributed by atoms with Gasteiger partial charge in [-0.3, -0.25) is 9.59 Å². The second-order valence-electron chi connectivity index (χ2n) is 7.49. The minimum atomic E-state index is -0.384. The monoisotopic (exact) mass is 415 g/mol. The standard InChI is InChI=1S/C25H25N3O3/c1-17(25(30)28-16-15-18-5-3-4-6-23(18)28)26-20-9-7-19(8-10-20)24(29)27-21-11-13-22(31-2)14-12-21/h3-14,17,26H,15-16H2,1-2H3,(H,27,29)/t17-/m1/s1. The molecule has 1 atom stereocenters. The predicted octanol–water partition coefficient (Wildman–Crippen LogP) is 4.34. The van der Waals surface area contributed by atoms with Gasteiger partial charge in [-0.25, -0.2) is 0 Å². The Hall–Kier alpha value is -3.80. The lowest BCUT2D eigenvalue weighted by atomic mass is 10.1. The van der Waals surface area contributed by atoms with E-state index in [1.165, 1.54) is 5.56 Å². The summed E-state index contributed by atoms with van der Waals surface area (Å²) >= 11 is 0. The van der Waals surface area contributed by atoms with Crippen molar-refractivity contribution in [1.82, 2.24) is 0 Å². The van der Waals surface area contributed by atoms with Gasteiger partial charge in [-0.1, -0.05) is 18.2 Å². The topological polar surface area (TPSA) is 70.7 Å². The molecule has 0 saturated carbocycles. The molecular formula is C25H25N3O3. The van der Waals surface area contributed by atoms with Crippen LogP contribution < -0.4 is 20.3 Å². The average Bonchev–Trinajstić information content (AvgIpc) is 3.23. The summed E-state index contributed by atoms with van der Waals surface area (Å²) in [5, 5.41) is 6.10. The molecule has 0 radical (unpaired) electrons. The van der Waals surface area contributed by atoms with Gasteiger partial charge in [0.15, 0.2) is 0 Å². The summed E-state index contributed by atoms with van der Waals surface area (Å²) in [7, 11) is 1.60. The van der Waals surface area contributed by atoms with E-state index in [0.717, 1.165) is 23.5 Å². The van der Waals surface area contributed by atoms with Crippen molar-refractivity contribution < 1.29 is 14.3 Å². The Morgan fingerprint density at radius 2 is 1.61 bits per heavy atom. The third-order valence-corrected chi connectivity index (χ3v) is 5.40. The number of anilines is 3. The van der Waals surface area contributed by atoms with E-state index >= 15 is 0 Å². The summed E-state index contributed by atoms with van der Waals surface area (Å²) in [6, 6.07) is 21.9. The zero-order chi connectivity index (χ0) is 21.8. The molecule has 0 fully saturated rings. The smallest absolute Gasteiger partial charge is 0.255 e. The average molecular weight is 415 g/mol. The first-order valence-corrected chi connectivity index (χ1v) is 10.3. The number of amides is 2. The van der Waals surface area contributed by atoms with E-state index < -0.39 is 0 Å². The Bertz CT molecular complexity index is 1080. The first-order valence-electron chi connectivity index (χ1n) is 10.3. The Morgan fingerprint density at radius 3 is 2.32 bits per heavy atom. The van der Waals surface area contributed by atoms with Crippen LogP contribution in [0.1, 0.15) is 22.8 Å². The fourth-order valence-electron chi connectivity index (χ4n) is 3.71. The normalized spacial score (nSPS) is 13.3. The molecule has 2 N–H and O–H groups in total. The van der Waals surface area contributed by atoms with Crippen molar-refractivity contribution in [3.8, 4) is 5.75 Å². The van der Waals surface area contributed by atoms with Crippen LogP contribution in [0.3, 0.4) is 0 Å². The molecule has 3 aromatic carbocycles. The van der Waals surface area contributed by atoms with Crippen molar-refractivity contribution in [3.63, 3.8) is 0 Å². The number of rotatable bonds is 6. The summed E-state index contributed by atoms with van der Waals surface area (Å²) in [6.07, 6.45) is 0.882. The lowest BCUT2D eigenvalue weighted by Gasteiger charge is -2.23. The second kappa shape index (κ2) is 8.92. The molecule has 31 heavy (non-hydrogen) atoms. The summed E-state index contributed by atoms with van der Waals surface area (Å²) in [5.74, 6) is 0.565. The van der Waals surface area contributed by atoms with Crippen molar-refractivity contribution in [3.05, 3.63) is 83.9 Å². The number of hydrogen-bond donors (Lipinski definition) is 2. The van der Waals surface area contributed by atoms with Crippen molar-refractivity contribution in [1.29, 1.82) is 0 Å². The number of para-hydroxylation sites is 1. The van der Waals surface area contributed by atoms with Gasteiger partial charge in [0.2, 0.25) is 5.91 Å². The molecule has 0 saturated heterocycles. The van der Waals surface area contributed by atoms with Gasteiger partial charge in [0.1, 0.15) is 11.8 Å². The van der Waals surface area contributed by atoms with Gasteiger partial charge in [0.05, 0.1) is 7.11 Å². The summed E-state index contributed by atoms with van der Waals surface area (Å²) < 4.78 is 5.12. The fraction of sp³-hybridized carbons (Fsp3) is 0.200. The van der Waals surface area contributed by atoms with E-state index in [1.807, 2.05) is 42.2 Å². The van der Waals surface area contributed by atoms with Crippen LogP contribution >= 0.6 is 0 Å². The Balaban J connectivity index is 1.36. The van der Waals surface area contributed by atoms with Crippen LogP contribution in [0.25, 0.3) is 0 Å². The molecular weight excluding hydrogens is 390 g/mol. The van der Waals surface area contributed by atoms with Crippen molar-refractivity contribution in [2.75, 3.05) is 29.2 Å². The molecule has 1 heterocycles. The molecule has 1 aliphatic heterocycles. The maximum absolute atomic E-state index is 12.9. The minimum Gasteiger partial charge on any atom is -0.497 e. The van der Waals surface area contributed by atoms with Crippen molar-refractivity contribution in [2.24, 2.45) is 0 Å².